The summed E-state index contributed by atoms with van der Waals surface area (Å²) in [4.78, 5) is 29.4. The van der Waals surface area contributed by atoms with Gasteiger partial charge in [-0.15, -0.1) is 11.3 Å². The molecule has 184 valence electrons. The van der Waals surface area contributed by atoms with Crippen LogP contribution in [-0.4, -0.2) is 25.0 Å². The third-order valence-electron chi connectivity index (χ3n) is 6.22. The van der Waals surface area contributed by atoms with Gasteiger partial charge in [0, 0.05) is 22.2 Å². The molecule has 1 aliphatic rings. The monoisotopic (exact) mass is 498 g/mol. The van der Waals surface area contributed by atoms with Crippen LogP contribution < -0.4 is 15.0 Å². The van der Waals surface area contributed by atoms with E-state index in [1.807, 2.05) is 17.5 Å². The Morgan fingerprint density at radius 2 is 1.89 bits per heavy atom. The fraction of sp³-hybridized carbons (Fsp3) is 0.333. The van der Waals surface area contributed by atoms with Gasteiger partial charge < -0.3 is 10.1 Å². The van der Waals surface area contributed by atoms with Crippen LogP contribution in [0.25, 0.3) is 0 Å². The number of thiophene rings is 1. The van der Waals surface area contributed by atoms with Crippen molar-refractivity contribution < 1.29 is 23.1 Å². The number of rotatable bonds is 8. The van der Waals surface area contributed by atoms with Gasteiger partial charge in [0.05, 0.1) is 13.5 Å². The quantitative estimate of drug-likeness (QED) is 0.427. The highest BCUT2D eigenvalue weighted by Crippen LogP contribution is 2.33. The van der Waals surface area contributed by atoms with Crippen LogP contribution in [0.1, 0.15) is 48.6 Å². The Kier molecular flexibility index (Phi) is 8.13. The summed E-state index contributed by atoms with van der Waals surface area (Å²) in [5.41, 5.74) is 0.166. The molecule has 1 fully saturated rings. The van der Waals surface area contributed by atoms with Crippen molar-refractivity contribution in [2.75, 3.05) is 12.0 Å². The SMILES string of the molecule is COc1ccc(F)c(C(C(=O)NC2CCCCC2)N(C(=O)Cc2cccs2)c2cccc(F)c2)c1. The van der Waals surface area contributed by atoms with Gasteiger partial charge >= 0.3 is 0 Å². The minimum absolute atomic E-state index is 0.00697. The first-order valence-corrected chi connectivity index (χ1v) is 12.6. The number of anilines is 1. The summed E-state index contributed by atoms with van der Waals surface area (Å²) < 4.78 is 34.8. The van der Waals surface area contributed by atoms with Crippen LogP contribution in [0.3, 0.4) is 0 Å². The number of methoxy groups -OCH3 is 1. The molecule has 1 N–H and O–H groups in total. The molecule has 1 unspecified atom stereocenters. The van der Waals surface area contributed by atoms with E-state index < -0.39 is 29.5 Å². The van der Waals surface area contributed by atoms with Crippen LogP contribution in [0, 0.1) is 11.6 Å². The van der Waals surface area contributed by atoms with Crippen molar-refractivity contribution in [1.82, 2.24) is 5.32 Å². The second-order valence-electron chi connectivity index (χ2n) is 8.63. The van der Waals surface area contributed by atoms with Crippen molar-refractivity contribution in [1.29, 1.82) is 0 Å². The van der Waals surface area contributed by atoms with Crippen LogP contribution in [0.15, 0.2) is 60.0 Å². The number of amides is 2. The average molecular weight is 499 g/mol. The van der Waals surface area contributed by atoms with Crippen molar-refractivity contribution in [3.8, 4) is 5.75 Å². The molecule has 4 rings (SSSR count). The number of hydrogen-bond donors (Lipinski definition) is 1. The fourth-order valence-electron chi connectivity index (χ4n) is 4.49. The summed E-state index contributed by atoms with van der Waals surface area (Å²) in [5.74, 6) is -1.81. The van der Waals surface area contributed by atoms with Gasteiger partial charge in [0.2, 0.25) is 11.8 Å². The Labute approximate surface area is 207 Å². The number of hydrogen-bond acceptors (Lipinski definition) is 4. The summed E-state index contributed by atoms with van der Waals surface area (Å²) in [6.45, 7) is 0. The van der Waals surface area contributed by atoms with Crippen LogP contribution in [0.2, 0.25) is 0 Å². The molecule has 35 heavy (non-hydrogen) atoms. The first-order valence-electron chi connectivity index (χ1n) is 11.7. The fourth-order valence-corrected chi connectivity index (χ4v) is 5.19. The van der Waals surface area contributed by atoms with Gasteiger partial charge in [-0.05, 0) is 60.7 Å². The zero-order valence-electron chi connectivity index (χ0n) is 19.5. The lowest BCUT2D eigenvalue weighted by Crippen LogP contribution is -2.48. The number of carbonyl (C=O) groups is 2. The normalized spacial score (nSPS) is 14.8. The molecule has 0 spiro atoms. The number of ether oxygens (including phenoxy) is 1. The van der Waals surface area contributed by atoms with Crippen molar-refractivity contribution in [2.45, 2.75) is 50.6 Å². The molecular weight excluding hydrogens is 470 g/mol. The summed E-state index contributed by atoms with van der Waals surface area (Å²) in [5, 5.41) is 4.88. The summed E-state index contributed by atoms with van der Waals surface area (Å²) in [6, 6.07) is 11.8. The van der Waals surface area contributed by atoms with Crippen LogP contribution in [0.4, 0.5) is 14.5 Å². The Morgan fingerprint density at radius 3 is 2.57 bits per heavy atom. The molecule has 1 aromatic heterocycles. The van der Waals surface area contributed by atoms with Crippen molar-refractivity contribution in [2.24, 2.45) is 0 Å². The molecule has 0 radical (unpaired) electrons. The molecule has 1 atom stereocenters. The van der Waals surface area contributed by atoms with E-state index in [0.29, 0.717) is 5.75 Å². The van der Waals surface area contributed by atoms with E-state index in [0.717, 1.165) is 37.0 Å². The Morgan fingerprint density at radius 1 is 1.09 bits per heavy atom. The van der Waals surface area contributed by atoms with Crippen molar-refractivity contribution >= 4 is 28.8 Å². The molecule has 1 saturated carbocycles. The Bertz CT molecular complexity index is 1160. The maximum absolute atomic E-state index is 15.2. The zero-order chi connectivity index (χ0) is 24.8. The van der Waals surface area contributed by atoms with Gasteiger partial charge in [0.15, 0.2) is 0 Å². The van der Waals surface area contributed by atoms with E-state index >= 15 is 4.39 Å². The number of carbonyl (C=O) groups excluding carboxylic acids is 2. The van der Waals surface area contributed by atoms with Crippen molar-refractivity contribution in [3.63, 3.8) is 0 Å². The van der Waals surface area contributed by atoms with E-state index in [9.17, 15) is 14.0 Å². The van der Waals surface area contributed by atoms with E-state index in [1.54, 1.807) is 6.07 Å². The molecule has 0 bridgehead atoms. The third kappa shape index (κ3) is 6.06. The third-order valence-corrected chi connectivity index (χ3v) is 7.09. The lowest BCUT2D eigenvalue weighted by atomic mass is 9.94. The second kappa shape index (κ2) is 11.4. The highest BCUT2D eigenvalue weighted by Gasteiger charge is 2.36. The maximum Gasteiger partial charge on any atom is 0.248 e. The molecular formula is C27H28F2N2O3S. The molecule has 8 heteroatoms. The molecule has 1 aliphatic carbocycles. The molecule has 0 aliphatic heterocycles. The summed E-state index contributed by atoms with van der Waals surface area (Å²) in [6.07, 6.45) is 4.73. The van der Waals surface area contributed by atoms with E-state index in [2.05, 4.69) is 5.32 Å². The van der Waals surface area contributed by atoms with Crippen LogP contribution in [0.5, 0.6) is 5.75 Å². The first kappa shape index (κ1) is 24.9. The minimum Gasteiger partial charge on any atom is -0.497 e. The van der Waals surface area contributed by atoms with Gasteiger partial charge in [0.1, 0.15) is 23.4 Å². The largest absolute Gasteiger partial charge is 0.497 e. The highest BCUT2D eigenvalue weighted by molar-refractivity contribution is 7.10. The molecule has 3 aromatic rings. The number of halogens is 2. The smallest absolute Gasteiger partial charge is 0.248 e. The standard InChI is InChI=1S/C27H28F2N2O3S/c1-34-21-12-13-24(29)23(16-21)26(27(33)30-19-8-3-2-4-9-19)31(20-10-5-7-18(28)15-20)25(32)17-22-11-6-14-35-22/h5-7,10-16,19,26H,2-4,8-9,17H2,1H3,(H,30,33). The van der Waals surface area contributed by atoms with Gasteiger partial charge in [0.25, 0.3) is 0 Å². The predicted molar refractivity (Wildman–Crippen MR) is 133 cm³/mol. The van der Waals surface area contributed by atoms with Crippen LogP contribution in [-0.2, 0) is 16.0 Å². The Balaban J connectivity index is 1.81. The minimum atomic E-state index is -1.35. The van der Waals surface area contributed by atoms with Gasteiger partial charge in [-0.2, -0.15) is 0 Å². The van der Waals surface area contributed by atoms with E-state index in [1.165, 1.54) is 59.7 Å². The number of benzene rings is 2. The van der Waals surface area contributed by atoms with Gasteiger partial charge in [-0.3, -0.25) is 14.5 Å². The highest BCUT2D eigenvalue weighted by atomic mass is 32.1. The Hall–Kier alpha value is -3.26. The second-order valence-corrected chi connectivity index (χ2v) is 9.67. The van der Waals surface area contributed by atoms with E-state index in [-0.39, 0.29) is 23.7 Å². The molecule has 1 heterocycles. The molecule has 2 aromatic carbocycles. The van der Waals surface area contributed by atoms with Crippen LogP contribution >= 0.6 is 11.3 Å². The van der Waals surface area contributed by atoms with Gasteiger partial charge in [-0.1, -0.05) is 31.4 Å². The van der Waals surface area contributed by atoms with Crippen molar-refractivity contribution in [3.05, 3.63) is 82.1 Å². The summed E-state index contributed by atoms with van der Waals surface area (Å²) >= 11 is 1.40. The number of nitrogens with one attached hydrogen (secondary N) is 1. The molecule has 5 nitrogen and oxygen atoms in total. The maximum atomic E-state index is 15.2. The topological polar surface area (TPSA) is 58.6 Å². The predicted octanol–water partition coefficient (Wildman–Crippen LogP) is 5.80. The summed E-state index contributed by atoms with van der Waals surface area (Å²) in [7, 11) is 1.44. The number of nitrogens with zero attached hydrogens (tertiary/aromatic N) is 1. The van der Waals surface area contributed by atoms with E-state index in [4.69, 9.17) is 4.74 Å². The molecule has 2 amide bonds. The lowest BCUT2D eigenvalue weighted by molar-refractivity contribution is -0.127. The van der Waals surface area contributed by atoms with Gasteiger partial charge in [-0.25, -0.2) is 8.78 Å². The average Bonchev–Trinajstić information content (AvgIpc) is 3.36. The zero-order valence-corrected chi connectivity index (χ0v) is 20.3. The first-order chi connectivity index (χ1) is 17.0. The molecule has 0 saturated heterocycles. The lowest BCUT2D eigenvalue weighted by Gasteiger charge is -2.33.